The van der Waals surface area contributed by atoms with Crippen LogP contribution in [0.4, 0.5) is 13.2 Å². The van der Waals surface area contributed by atoms with Crippen molar-refractivity contribution in [2.75, 3.05) is 26.7 Å². The van der Waals surface area contributed by atoms with Crippen LogP contribution in [0.15, 0.2) is 23.2 Å². The lowest BCUT2D eigenvalue weighted by Crippen LogP contribution is -2.45. The molecule has 0 bridgehead atoms. The summed E-state index contributed by atoms with van der Waals surface area (Å²) in [5.74, 6) is 0.989. The van der Waals surface area contributed by atoms with E-state index in [0.29, 0.717) is 25.6 Å². The highest BCUT2D eigenvalue weighted by Gasteiger charge is 2.34. The number of halogens is 4. The van der Waals surface area contributed by atoms with Crippen LogP contribution in [0.25, 0.3) is 0 Å². The molecular formula is C22H32F3IN4O2. The number of benzene rings is 1. The summed E-state index contributed by atoms with van der Waals surface area (Å²) in [6.45, 7) is 3.65. The van der Waals surface area contributed by atoms with Crippen LogP contribution in [-0.4, -0.2) is 49.6 Å². The zero-order valence-corrected chi connectivity index (χ0v) is 20.8. The van der Waals surface area contributed by atoms with Gasteiger partial charge in [-0.25, -0.2) is 4.99 Å². The first-order chi connectivity index (χ1) is 14.8. The number of nitrogens with zero attached hydrogens (tertiary/aromatic N) is 2. The van der Waals surface area contributed by atoms with Gasteiger partial charge in [-0.2, -0.15) is 13.2 Å². The Balaban J connectivity index is 0.00000363. The van der Waals surface area contributed by atoms with E-state index in [2.05, 4.69) is 15.6 Å². The molecule has 0 aromatic heterocycles. The molecular weight excluding hydrogens is 536 g/mol. The van der Waals surface area contributed by atoms with Crippen molar-refractivity contribution < 1.29 is 22.7 Å². The van der Waals surface area contributed by atoms with Crippen LogP contribution in [-0.2, 0) is 17.5 Å². The minimum atomic E-state index is -4.49. The number of methoxy groups -OCH3 is 1. The van der Waals surface area contributed by atoms with Crippen molar-refractivity contribution in [3.05, 3.63) is 29.3 Å². The molecule has 2 fully saturated rings. The highest BCUT2D eigenvalue weighted by molar-refractivity contribution is 14.0. The number of amides is 1. The largest absolute Gasteiger partial charge is 0.497 e. The summed E-state index contributed by atoms with van der Waals surface area (Å²) in [5, 5.41) is 6.37. The predicted molar refractivity (Wildman–Crippen MR) is 128 cm³/mol. The van der Waals surface area contributed by atoms with Gasteiger partial charge in [-0.05, 0) is 43.9 Å². The summed E-state index contributed by atoms with van der Waals surface area (Å²) in [5.41, 5.74) is -0.671. The Morgan fingerprint density at radius 2 is 1.97 bits per heavy atom. The Bertz CT molecular complexity index is 798. The quantitative estimate of drug-likeness (QED) is 0.307. The van der Waals surface area contributed by atoms with Crippen molar-refractivity contribution in [2.24, 2.45) is 10.9 Å². The van der Waals surface area contributed by atoms with Crippen molar-refractivity contribution in [3.8, 4) is 5.75 Å². The molecule has 1 atom stereocenters. The van der Waals surface area contributed by atoms with Gasteiger partial charge in [0, 0.05) is 31.6 Å². The van der Waals surface area contributed by atoms with Crippen LogP contribution in [0.3, 0.4) is 0 Å². The molecule has 1 aliphatic carbocycles. The molecule has 1 aromatic carbocycles. The minimum absolute atomic E-state index is 0. The summed E-state index contributed by atoms with van der Waals surface area (Å²) >= 11 is 0. The molecule has 1 heterocycles. The number of nitrogens with one attached hydrogen (secondary N) is 2. The molecule has 1 aliphatic heterocycles. The highest BCUT2D eigenvalue weighted by Crippen LogP contribution is 2.34. The van der Waals surface area contributed by atoms with E-state index in [4.69, 9.17) is 4.74 Å². The van der Waals surface area contributed by atoms with Crippen molar-refractivity contribution in [2.45, 2.75) is 57.8 Å². The van der Waals surface area contributed by atoms with E-state index in [0.717, 1.165) is 38.2 Å². The second-order valence-corrected chi connectivity index (χ2v) is 8.11. The summed E-state index contributed by atoms with van der Waals surface area (Å²) in [7, 11) is 1.34. The Morgan fingerprint density at radius 1 is 1.25 bits per heavy atom. The van der Waals surface area contributed by atoms with Gasteiger partial charge in [0.15, 0.2) is 5.96 Å². The summed E-state index contributed by atoms with van der Waals surface area (Å²) in [6.07, 6.45) is 0.488. The predicted octanol–water partition coefficient (Wildman–Crippen LogP) is 4.18. The average Bonchev–Trinajstić information content (AvgIpc) is 3.43. The lowest BCUT2D eigenvalue weighted by Gasteiger charge is -2.21. The topological polar surface area (TPSA) is 66.0 Å². The molecule has 180 valence electrons. The average molecular weight is 568 g/mol. The number of aliphatic imine (C=N–C) groups is 1. The molecule has 1 aromatic rings. The van der Waals surface area contributed by atoms with E-state index in [1.54, 1.807) is 0 Å². The molecule has 0 radical (unpaired) electrons. The van der Waals surface area contributed by atoms with Gasteiger partial charge in [0.25, 0.3) is 0 Å². The Kier molecular flexibility index (Phi) is 9.90. The zero-order valence-electron chi connectivity index (χ0n) is 18.5. The van der Waals surface area contributed by atoms with Crippen LogP contribution >= 0.6 is 24.0 Å². The fraction of sp³-hybridized carbons (Fsp3) is 0.636. The van der Waals surface area contributed by atoms with Crippen molar-refractivity contribution >= 4 is 35.8 Å². The van der Waals surface area contributed by atoms with Gasteiger partial charge in [0.2, 0.25) is 5.91 Å². The number of hydrogen-bond donors (Lipinski definition) is 2. The number of ether oxygens (including phenoxy) is 1. The number of likely N-dealkylation sites (tertiary alicyclic amines) is 1. The fourth-order valence-electron chi connectivity index (χ4n) is 4.27. The summed E-state index contributed by atoms with van der Waals surface area (Å²) < 4.78 is 45.2. The SMILES string of the molecule is CCNC(=NCc1ccc(OC)cc1C(F)(F)F)NC1CCN(C(=O)C2CCCC2)C1.I. The van der Waals surface area contributed by atoms with Gasteiger partial charge in [0.1, 0.15) is 5.75 Å². The van der Waals surface area contributed by atoms with E-state index in [1.165, 1.54) is 19.2 Å². The monoisotopic (exact) mass is 568 g/mol. The first-order valence-electron chi connectivity index (χ1n) is 10.9. The highest BCUT2D eigenvalue weighted by atomic mass is 127. The van der Waals surface area contributed by atoms with E-state index in [-0.39, 0.29) is 59.7 Å². The molecule has 2 aliphatic rings. The first-order valence-corrected chi connectivity index (χ1v) is 10.9. The maximum Gasteiger partial charge on any atom is 0.416 e. The second-order valence-electron chi connectivity index (χ2n) is 8.11. The second kappa shape index (κ2) is 11.9. The van der Waals surface area contributed by atoms with E-state index in [1.807, 2.05) is 11.8 Å². The van der Waals surface area contributed by atoms with Crippen molar-refractivity contribution in [1.82, 2.24) is 15.5 Å². The first kappa shape index (κ1) is 26.5. The Morgan fingerprint density at radius 3 is 2.59 bits per heavy atom. The molecule has 1 amide bonds. The van der Waals surface area contributed by atoms with Gasteiger partial charge in [0.05, 0.1) is 19.2 Å². The van der Waals surface area contributed by atoms with E-state index >= 15 is 0 Å². The molecule has 1 unspecified atom stereocenters. The van der Waals surface area contributed by atoms with Crippen LogP contribution in [0, 0.1) is 5.92 Å². The van der Waals surface area contributed by atoms with Gasteiger partial charge in [-0.1, -0.05) is 18.9 Å². The van der Waals surface area contributed by atoms with E-state index < -0.39 is 11.7 Å². The van der Waals surface area contributed by atoms with Crippen LogP contribution in [0.1, 0.15) is 50.2 Å². The standard InChI is InChI=1S/C22H31F3N4O2.HI/c1-3-26-21(27-13-16-8-9-18(31-2)12-19(16)22(23,24)25)28-17-10-11-29(14-17)20(30)15-6-4-5-7-15;/h8-9,12,15,17H,3-7,10-11,13-14H2,1-2H3,(H2,26,27,28);1H. The van der Waals surface area contributed by atoms with Crippen LogP contribution < -0.4 is 15.4 Å². The fourth-order valence-corrected chi connectivity index (χ4v) is 4.27. The number of alkyl halides is 3. The molecule has 0 spiro atoms. The number of hydrogen-bond acceptors (Lipinski definition) is 3. The normalized spacial score (nSPS) is 19.6. The Hall–Kier alpha value is -1.72. The Labute approximate surface area is 204 Å². The maximum atomic E-state index is 13.4. The molecule has 1 saturated heterocycles. The third kappa shape index (κ3) is 6.89. The zero-order chi connectivity index (χ0) is 22.4. The smallest absolute Gasteiger partial charge is 0.416 e. The minimum Gasteiger partial charge on any atom is -0.497 e. The molecule has 10 heteroatoms. The summed E-state index contributed by atoms with van der Waals surface area (Å²) in [4.78, 5) is 18.9. The molecule has 1 saturated carbocycles. The lowest BCUT2D eigenvalue weighted by atomic mass is 10.1. The van der Waals surface area contributed by atoms with Gasteiger partial charge >= 0.3 is 6.18 Å². The van der Waals surface area contributed by atoms with Crippen LogP contribution in [0.5, 0.6) is 5.75 Å². The number of carbonyl (C=O) groups is 1. The van der Waals surface area contributed by atoms with Crippen molar-refractivity contribution in [1.29, 1.82) is 0 Å². The third-order valence-electron chi connectivity index (χ3n) is 5.92. The van der Waals surface area contributed by atoms with Gasteiger partial charge in [-0.3, -0.25) is 4.79 Å². The van der Waals surface area contributed by atoms with Gasteiger partial charge < -0.3 is 20.3 Å². The van der Waals surface area contributed by atoms with E-state index in [9.17, 15) is 18.0 Å². The number of guanidine groups is 1. The molecule has 32 heavy (non-hydrogen) atoms. The maximum absolute atomic E-state index is 13.4. The molecule has 3 rings (SSSR count). The van der Waals surface area contributed by atoms with Crippen LogP contribution in [0.2, 0.25) is 0 Å². The molecule has 2 N–H and O–H groups in total. The summed E-state index contributed by atoms with van der Waals surface area (Å²) in [6, 6.07) is 3.92. The number of carbonyl (C=O) groups excluding carboxylic acids is 1. The van der Waals surface area contributed by atoms with Gasteiger partial charge in [-0.15, -0.1) is 24.0 Å². The number of rotatable bonds is 6. The lowest BCUT2D eigenvalue weighted by molar-refractivity contribution is -0.138. The molecule has 6 nitrogen and oxygen atoms in total. The third-order valence-corrected chi connectivity index (χ3v) is 5.92. The van der Waals surface area contributed by atoms with Crippen molar-refractivity contribution in [3.63, 3.8) is 0 Å².